The van der Waals surface area contributed by atoms with Crippen molar-refractivity contribution < 1.29 is 9.15 Å². The lowest BCUT2D eigenvalue weighted by atomic mass is 10.2. The third-order valence-corrected chi connectivity index (χ3v) is 3.85. The Morgan fingerprint density at radius 2 is 1.95 bits per heavy atom. The molecule has 0 atom stereocenters. The number of hydrogen-bond acceptors (Lipinski definition) is 5. The van der Waals surface area contributed by atoms with Crippen molar-refractivity contribution in [3.05, 3.63) is 29.1 Å². The highest BCUT2D eigenvalue weighted by molar-refractivity contribution is 7.71. The van der Waals surface area contributed by atoms with Crippen molar-refractivity contribution >= 4 is 12.2 Å². The van der Waals surface area contributed by atoms with E-state index in [0.717, 1.165) is 24.4 Å². The number of benzene rings is 1. The number of aromatic nitrogens is 2. The molecule has 2 heterocycles. The van der Waals surface area contributed by atoms with Gasteiger partial charge in [-0.3, -0.25) is 4.90 Å². The van der Waals surface area contributed by atoms with Crippen LogP contribution in [0.5, 0.6) is 5.75 Å². The van der Waals surface area contributed by atoms with Gasteiger partial charge in [-0.15, -0.1) is 5.10 Å². The topological polar surface area (TPSA) is 43.4 Å². The van der Waals surface area contributed by atoms with E-state index < -0.39 is 0 Å². The molecule has 0 unspecified atom stereocenters. The van der Waals surface area contributed by atoms with Crippen LogP contribution in [-0.2, 0) is 6.67 Å². The maximum absolute atomic E-state index is 5.61. The first-order chi connectivity index (χ1) is 10.3. The summed E-state index contributed by atoms with van der Waals surface area (Å²) < 4.78 is 12.8. The molecule has 0 saturated carbocycles. The summed E-state index contributed by atoms with van der Waals surface area (Å²) in [5, 5.41) is 4.48. The predicted octanol–water partition coefficient (Wildman–Crippen LogP) is 3.32. The Kier molecular flexibility index (Phi) is 4.36. The fourth-order valence-corrected chi connectivity index (χ4v) is 2.66. The van der Waals surface area contributed by atoms with E-state index in [1.807, 2.05) is 31.2 Å². The van der Waals surface area contributed by atoms with Crippen LogP contribution in [0.3, 0.4) is 0 Å². The van der Waals surface area contributed by atoms with Gasteiger partial charge in [-0.25, -0.2) is 4.68 Å². The third kappa shape index (κ3) is 3.33. The Bertz CT molecular complexity index is 642. The lowest BCUT2D eigenvalue weighted by molar-refractivity contribution is 0.249. The number of nitrogens with zero attached hydrogens (tertiary/aromatic N) is 3. The molecule has 0 amide bonds. The summed E-state index contributed by atoms with van der Waals surface area (Å²) in [4.78, 5) is 2.76. The number of hydrogen-bond donors (Lipinski definition) is 0. The van der Waals surface area contributed by atoms with Crippen molar-refractivity contribution in [2.24, 2.45) is 0 Å². The summed E-state index contributed by atoms with van der Waals surface area (Å²) in [6, 6.07) is 7.70. The second-order valence-electron chi connectivity index (χ2n) is 5.10. The van der Waals surface area contributed by atoms with Crippen LogP contribution in [0.4, 0.5) is 0 Å². The number of rotatable bonds is 5. The van der Waals surface area contributed by atoms with Gasteiger partial charge in [0.05, 0.1) is 13.3 Å². The third-order valence-electron chi connectivity index (χ3n) is 3.55. The smallest absolute Gasteiger partial charge is 0.288 e. The molecular weight excluding hydrogens is 286 g/mol. The standard InChI is InChI=1S/C15H19N3O2S/c1-2-19-13-7-5-12(6-8-13)14-16-18(15(21)20-14)11-17-9-3-4-10-17/h5-8H,2-4,9-11H2,1H3. The van der Waals surface area contributed by atoms with E-state index in [-0.39, 0.29) is 0 Å². The van der Waals surface area contributed by atoms with Gasteiger partial charge in [0, 0.05) is 5.56 Å². The van der Waals surface area contributed by atoms with E-state index in [9.17, 15) is 0 Å². The first kappa shape index (κ1) is 14.3. The molecule has 6 heteroatoms. The fraction of sp³-hybridized carbons (Fsp3) is 0.467. The molecule has 1 aliphatic rings. The Labute approximate surface area is 129 Å². The minimum Gasteiger partial charge on any atom is -0.494 e. The molecule has 0 spiro atoms. The molecule has 1 saturated heterocycles. The maximum Gasteiger partial charge on any atom is 0.288 e. The Morgan fingerprint density at radius 1 is 1.24 bits per heavy atom. The van der Waals surface area contributed by atoms with Gasteiger partial charge in [0.1, 0.15) is 5.75 Å². The van der Waals surface area contributed by atoms with Crippen molar-refractivity contribution in [2.75, 3.05) is 19.7 Å². The van der Waals surface area contributed by atoms with Crippen molar-refractivity contribution in [3.63, 3.8) is 0 Å². The SMILES string of the molecule is CCOc1ccc(-c2nn(CN3CCCC3)c(=S)o2)cc1. The molecule has 0 radical (unpaired) electrons. The average Bonchev–Trinajstić information content (AvgIpc) is 3.11. The zero-order chi connectivity index (χ0) is 14.7. The lowest BCUT2D eigenvalue weighted by Gasteiger charge is -2.12. The summed E-state index contributed by atoms with van der Waals surface area (Å²) in [6.45, 7) is 5.54. The quantitative estimate of drug-likeness (QED) is 0.793. The van der Waals surface area contributed by atoms with E-state index in [0.29, 0.717) is 24.0 Å². The zero-order valence-electron chi connectivity index (χ0n) is 12.1. The van der Waals surface area contributed by atoms with Crippen LogP contribution >= 0.6 is 12.2 Å². The van der Waals surface area contributed by atoms with Crippen LogP contribution in [0.25, 0.3) is 11.5 Å². The molecule has 1 aromatic carbocycles. The molecule has 5 nitrogen and oxygen atoms in total. The second kappa shape index (κ2) is 6.41. The Morgan fingerprint density at radius 3 is 2.62 bits per heavy atom. The maximum atomic E-state index is 5.61. The molecule has 1 fully saturated rings. The van der Waals surface area contributed by atoms with E-state index in [4.69, 9.17) is 21.4 Å². The minimum atomic E-state index is 0.422. The van der Waals surface area contributed by atoms with Crippen molar-refractivity contribution in [1.29, 1.82) is 0 Å². The number of likely N-dealkylation sites (tertiary alicyclic amines) is 1. The average molecular weight is 305 g/mol. The molecule has 0 N–H and O–H groups in total. The van der Waals surface area contributed by atoms with E-state index in [1.165, 1.54) is 12.8 Å². The van der Waals surface area contributed by atoms with Crippen LogP contribution in [0, 0.1) is 4.84 Å². The lowest BCUT2D eigenvalue weighted by Crippen LogP contribution is -2.23. The molecular formula is C15H19N3O2S. The van der Waals surface area contributed by atoms with E-state index in [1.54, 1.807) is 4.68 Å². The number of ether oxygens (including phenoxy) is 1. The Hall–Kier alpha value is -1.66. The normalized spacial score (nSPS) is 15.5. The van der Waals surface area contributed by atoms with Gasteiger partial charge in [0.2, 0.25) is 5.89 Å². The molecule has 3 rings (SSSR count). The van der Waals surface area contributed by atoms with Gasteiger partial charge in [0.25, 0.3) is 4.84 Å². The molecule has 2 aromatic rings. The predicted molar refractivity (Wildman–Crippen MR) is 82.7 cm³/mol. The highest BCUT2D eigenvalue weighted by Gasteiger charge is 2.15. The van der Waals surface area contributed by atoms with Crippen LogP contribution in [-0.4, -0.2) is 34.4 Å². The van der Waals surface area contributed by atoms with Gasteiger partial charge in [-0.05, 0) is 69.3 Å². The van der Waals surface area contributed by atoms with Gasteiger partial charge >= 0.3 is 0 Å². The molecule has 0 aliphatic carbocycles. The van der Waals surface area contributed by atoms with Gasteiger partial charge in [-0.2, -0.15) is 0 Å². The van der Waals surface area contributed by atoms with E-state index >= 15 is 0 Å². The molecule has 1 aliphatic heterocycles. The first-order valence-electron chi connectivity index (χ1n) is 7.30. The molecule has 112 valence electrons. The molecule has 21 heavy (non-hydrogen) atoms. The van der Waals surface area contributed by atoms with Crippen molar-refractivity contribution in [1.82, 2.24) is 14.7 Å². The van der Waals surface area contributed by atoms with E-state index in [2.05, 4.69) is 10.00 Å². The Balaban J connectivity index is 1.77. The highest BCUT2D eigenvalue weighted by Crippen LogP contribution is 2.21. The van der Waals surface area contributed by atoms with Gasteiger partial charge < -0.3 is 9.15 Å². The zero-order valence-corrected chi connectivity index (χ0v) is 12.9. The summed E-state index contributed by atoms with van der Waals surface area (Å²) in [5.41, 5.74) is 0.907. The van der Waals surface area contributed by atoms with Crippen LogP contribution < -0.4 is 4.74 Å². The summed E-state index contributed by atoms with van der Waals surface area (Å²) in [7, 11) is 0. The van der Waals surface area contributed by atoms with Crippen molar-refractivity contribution in [3.8, 4) is 17.2 Å². The first-order valence-corrected chi connectivity index (χ1v) is 7.70. The van der Waals surface area contributed by atoms with Crippen LogP contribution in [0.1, 0.15) is 19.8 Å². The summed E-state index contributed by atoms with van der Waals surface area (Å²) >= 11 is 5.26. The summed E-state index contributed by atoms with van der Waals surface area (Å²) in [6.07, 6.45) is 2.49. The highest BCUT2D eigenvalue weighted by atomic mass is 32.1. The monoisotopic (exact) mass is 305 g/mol. The van der Waals surface area contributed by atoms with Crippen LogP contribution in [0.2, 0.25) is 0 Å². The largest absolute Gasteiger partial charge is 0.494 e. The minimum absolute atomic E-state index is 0.422. The van der Waals surface area contributed by atoms with Crippen molar-refractivity contribution in [2.45, 2.75) is 26.4 Å². The van der Waals surface area contributed by atoms with Crippen LogP contribution in [0.15, 0.2) is 28.7 Å². The molecule has 1 aromatic heterocycles. The van der Waals surface area contributed by atoms with Gasteiger partial charge in [-0.1, -0.05) is 0 Å². The fourth-order valence-electron chi connectivity index (χ4n) is 2.49. The molecule has 0 bridgehead atoms. The second-order valence-corrected chi connectivity index (χ2v) is 5.45. The summed E-state index contributed by atoms with van der Waals surface area (Å²) in [5.74, 6) is 1.40. The van der Waals surface area contributed by atoms with Gasteiger partial charge in [0.15, 0.2) is 0 Å².